The summed E-state index contributed by atoms with van der Waals surface area (Å²) in [6.07, 6.45) is 1.57. The largest absolute Gasteiger partial charge is 0.491 e. The second kappa shape index (κ2) is 10.3. The lowest BCUT2D eigenvalue weighted by Gasteiger charge is -2.17. The second-order valence-corrected chi connectivity index (χ2v) is 10.0. The first kappa shape index (κ1) is 24.5. The molecule has 1 aliphatic heterocycles. The summed E-state index contributed by atoms with van der Waals surface area (Å²) in [5, 5.41) is 0.550. The van der Waals surface area contributed by atoms with Gasteiger partial charge in [0.2, 0.25) is 0 Å². The van der Waals surface area contributed by atoms with Crippen LogP contribution < -0.4 is 4.74 Å². The molecule has 0 saturated carbocycles. The van der Waals surface area contributed by atoms with Crippen LogP contribution in [0.1, 0.15) is 36.7 Å². The van der Waals surface area contributed by atoms with E-state index in [1.165, 1.54) is 4.90 Å². The van der Waals surface area contributed by atoms with Crippen molar-refractivity contribution < 1.29 is 18.7 Å². The molecular weight excluding hydrogens is 493 g/mol. The number of amides is 2. The van der Waals surface area contributed by atoms with Crippen molar-refractivity contribution in [1.29, 1.82) is 0 Å². The van der Waals surface area contributed by atoms with Crippen LogP contribution in [0.3, 0.4) is 0 Å². The number of nitrogens with zero attached hydrogens (tertiary/aromatic N) is 1. The summed E-state index contributed by atoms with van der Waals surface area (Å²) in [4.78, 5) is 26.8. The zero-order chi connectivity index (χ0) is 24.4. The molecular formula is C26H23Cl2NO4S. The molecule has 0 N–H and O–H groups in total. The van der Waals surface area contributed by atoms with E-state index in [2.05, 4.69) is 13.8 Å². The molecule has 1 fully saturated rings. The summed E-state index contributed by atoms with van der Waals surface area (Å²) in [6, 6.07) is 14.8. The number of carbonyl (C=O) groups excluding carboxylic acids is 2. The third kappa shape index (κ3) is 5.35. The van der Waals surface area contributed by atoms with Gasteiger partial charge in [0.05, 0.1) is 21.5 Å². The zero-order valence-corrected chi connectivity index (χ0v) is 21.3. The van der Waals surface area contributed by atoms with Crippen molar-refractivity contribution in [1.82, 2.24) is 4.90 Å². The van der Waals surface area contributed by atoms with E-state index in [1.807, 2.05) is 25.1 Å². The van der Waals surface area contributed by atoms with Gasteiger partial charge in [-0.2, -0.15) is 0 Å². The van der Waals surface area contributed by atoms with Gasteiger partial charge in [0, 0.05) is 11.6 Å². The van der Waals surface area contributed by atoms with Crippen molar-refractivity contribution in [2.24, 2.45) is 0 Å². The molecule has 2 heterocycles. The van der Waals surface area contributed by atoms with E-state index >= 15 is 0 Å². The molecule has 176 valence electrons. The quantitative estimate of drug-likeness (QED) is 0.300. The van der Waals surface area contributed by atoms with Crippen molar-refractivity contribution in [2.75, 3.05) is 13.2 Å². The van der Waals surface area contributed by atoms with Crippen LogP contribution in [0.15, 0.2) is 57.9 Å². The minimum Gasteiger partial charge on any atom is -0.491 e. The Morgan fingerprint density at radius 1 is 1.06 bits per heavy atom. The summed E-state index contributed by atoms with van der Waals surface area (Å²) >= 11 is 12.9. The van der Waals surface area contributed by atoms with Gasteiger partial charge >= 0.3 is 0 Å². The molecule has 0 bridgehead atoms. The van der Waals surface area contributed by atoms with Gasteiger partial charge < -0.3 is 9.15 Å². The van der Waals surface area contributed by atoms with Gasteiger partial charge in [-0.3, -0.25) is 14.5 Å². The number of halogens is 2. The zero-order valence-electron chi connectivity index (χ0n) is 18.9. The molecule has 8 heteroatoms. The average molecular weight is 516 g/mol. The Hall–Kier alpha value is -2.67. The van der Waals surface area contributed by atoms with Crippen molar-refractivity contribution in [3.63, 3.8) is 0 Å². The standard InChI is InChI=1S/C26H23Cl2NO4S/c1-15(2)19-7-4-16(3)12-23(19)32-11-10-29-25(30)24(34-26(29)31)14-18-6-9-22(33-18)17-5-8-20(27)21(28)13-17/h4-9,12-15H,10-11H2,1-3H3/b24-14-. The van der Waals surface area contributed by atoms with Gasteiger partial charge in [0.15, 0.2) is 0 Å². The Balaban J connectivity index is 1.43. The number of benzene rings is 2. The Labute approximate surface area is 212 Å². The molecule has 1 aromatic heterocycles. The lowest BCUT2D eigenvalue weighted by Crippen LogP contribution is -2.32. The average Bonchev–Trinajstić information content (AvgIpc) is 3.35. The number of hydrogen-bond donors (Lipinski definition) is 0. The van der Waals surface area contributed by atoms with E-state index in [1.54, 1.807) is 36.4 Å². The lowest BCUT2D eigenvalue weighted by molar-refractivity contribution is -0.123. The molecule has 1 saturated heterocycles. The van der Waals surface area contributed by atoms with E-state index in [0.29, 0.717) is 32.4 Å². The highest BCUT2D eigenvalue weighted by Gasteiger charge is 2.35. The summed E-state index contributed by atoms with van der Waals surface area (Å²) in [6.45, 7) is 6.58. The first-order valence-corrected chi connectivity index (χ1v) is 12.3. The Morgan fingerprint density at radius 3 is 2.59 bits per heavy atom. The van der Waals surface area contributed by atoms with E-state index in [4.69, 9.17) is 32.4 Å². The van der Waals surface area contributed by atoms with E-state index in [-0.39, 0.29) is 24.3 Å². The van der Waals surface area contributed by atoms with Crippen molar-refractivity contribution in [3.8, 4) is 17.1 Å². The summed E-state index contributed by atoms with van der Waals surface area (Å²) < 4.78 is 11.8. The highest BCUT2D eigenvalue weighted by Crippen LogP contribution is 2.34. The van der Waals surface area contributed by atoms with Gasteiger partial charge in [0.25, 0.3) is 11.1 Å². The predicted octanol–water partition coefficient (Wildman–Crippen LogP) is 7.80. The van der Waals surface area contributed by atoms with E-state index in [0.717, 1.165) is 34.2 Å². The molecule has 0 spiro atoms. The smallest absolute Gasteiger partial charge is 0.293 e. The Bertz CT molecular complexity index is 1280. The number of furan rings is 1. The Morgan fingerprint density at radius 2 is 1.85 bits per heavy atom. The van der Waals surface area contributed by atoms with Crippen LogP contribution in [0.5, 0.6) is 5.75 Å². The van der Waals surface area contributed by atoms with Crippen LogP contribution in [-0.2, 0) is 4.79 Å². The molecule has 34 heavy (non-hydrogen) atoms. The third-order valence-electron chi connectivity index (χ3n) is 5.34. The fourth-order valence-corrected chi connectivity index (χ4v) is 4.69. The number of rotatable bonds is 7. The normalized spacial score (nSPS) is 15.1. The van der Waals surface area contributed by atoms with Gasteiger partial charge in [-0.15, -0.1) is 0 Å². The SMILES string of the molecule is Cc1ccc(C(C)C)c(OCCN2C(=O)S/C(=C\c3ccc(-c4ccc(Cl)c(Cl)c4)o3)C2=O)c1. The van der Waals surface area contributed by atoms with Crippen LogP contribution in [0, 0.1) is 6.92 Å². The highest BCUT2D eigenvalue weighted by atomic mass is 35.5. The van der Waals surface area contributed by atoms with Crippen LogP contribution in [0.2, 0.25) is 10.0 Å². The molecule has 0 aliphatic carbocycles. The van der Waals surface area contributed by atoms with Crippen molar-refractivity contribution in [2.45, 2.75) is 26.7 Å². The monoisotopic (exact) mass is 515 g/mol. The number of ether oxygens (including phenoxy) is 1. The van der Waals surface area contributed by atoms with Crippen LogP contribution in [0.4, 0.5) is 4.79 Å². The van der Waals surface area contributed by atoms with E-state index < -0.39 is 0 Å². The number of hydrogen-bond acceptors (Lipinski definition) is 5. The van der Waals surface area contributed by atoms with Gasteiger partial charge in [-0.05, 0) is 72.1 Å². The fourth-order valence-electron chi connectivity index (χ4n) is 3.55. The van der Waals surface area contributed by atoms with Gasteiger partial charge in [-0.1, -0.05) is 49.2 Å². The number of aryl methyl sites for hydroxylation is 1. The highest BCUT2D eigenvalue weighted by molar-refractivity contribution is 8.18. The predicted molar refractivity (Wildman–Crippen MR) is 138 cm³/mol. The summed E-state index contributed by atoms with van der Waals surface area (Å²) in [5.41, 5.74) is 2.94. The van der Waals surface area contributed by atoms with Crippen LogP contribution in [0.25, 0.3) is 17.4 Å². The number of carbonyl (C=O) groups is 2. The van der Waals surface area contributed by atoms with Gasteiger partial charge in [0.1, 0.15) is 23.9 Å². The van der Waals surface area contributed by atoms with E-state index in [9.17, 15) is 9.59 Å². The summed E-state index contributed by atoms with van der Waals surface area (Å²) in [5.74, 6) is 1.76. The minimum absolute atomic E-state index is 0.167. The maximum absolute atomic E-state index is 12.8. The maximum Gasteiger partial charge on any atom is 0.293 e. The molecule has 2 amide bonds. The summed E-state index contributed by atoms with van der Waals surface area (Å²) in [7, 11) is 0. The van der Waals surface area contributed by atoms with Crippen LogP contribution >= 0.6 is 35.0 Å². The maximum atomic E-state index is 12.8. The molecule has 4 rings (SSSR count). The number of thioether (sulfide) groups is 1. The molecule has 0 radical (unpaired) electrons. The second-order valence-electron chi connectivity index (χ2n) is 8.21. The molecule has 5 nitrogen and oxygen atoms in total. The molecule has 0 unspecified atom stereocenters. The molecule has 3 aromatic rings. The lowest BCUT2D eigenvalue weighted by atomic mass is 10.0. The first-order valence-electron chi connectivity index (χ1n) is 10.8. The molecule has 0 atom stereocenters. The Kier molecular flexibility index (Phi) is 7.41. The minimum atomic E-state index is -0.362. The third-order valence-corrected chi connectivity index (χ3v) is 6.99. The van der Waals surface area contributed by atoms with Crippen LogP contribution in [-0.4, -0.2) is 29.2 Å². The van der Waals surface area contributed by atoms with Gasteiger partial charge in [-0.25, -0.2) is 0 Å². The number of imide groups is 1. The molecule has 2 aromatic carbocycles. The molecule has 1 aliphatic rings. The topological polar surface area (TPSA) is 59.8 Å². The van der Waals surface area contributed by atoms with Crippen molar-refractivity contribution >= 4 is 52.2 Å². The fraction of sp³-hybridized carbons (Fsp3) is 0.231. The first-order chi connectivity index (χ1) is 16.2. The van der Waals surface area contributed by atoms with Crippen molar-refractivity contribution in [3.05, 3.63) is 80.4 Å².